The maximum Gasteiger partial charge on any atom is 0.260 e. The van der Waals surface area contributed by atoms with E-state index in [2.05, 4.69) is 16.0 Å². The molecular formula is C21H25N3O2S2. The number of nitrogens with zero attached hydrogens (tertiary/aromatic N) is 3. The normalized spacial score (nSPS) is 18.4. The van der Waals surface area contributed by atoms with Gasteiger partial charge < -0.3 is 9.64 Å². The molecule has 5 nitrogen and oxygen atoms in total. The monoisotopic (exact) mass is 415 g/mol. The molecule has 0 spiro atoms. The molecule has 3 heterocycles. The summed E-state index contributed by atoms with van der Waals surface area (Å²) < 4.78 is 6.37. The van der Waals surface area contributed by atoms with Gasteiger partial charge in [0.05, 0.1) is 4.58 Å². The molecule has 0 bridgehead atoms. The fourth-order valence-corrected chi connectivity index (χ4v) is 6.39. The van der Waals surface area contributed by atoms with Crippen molar-refractivity contribution in [3.63, 3.8) is 0 Å². The summed E-state index contributed by atoms with van der Waals surface area (Å²) in [5.41, 5.74) is 2.46. The van der Waals surface area contributed by atoms with Crippen LogP contribution in [0.5, 0.6) is 5.75 Å². The van der Waals surface area contributed by atoms with Gasteiger partial charge in [-0.2, -0.15) is 0 Å². The van der Waals surface area contributed by atoms with Gasteiger partial charge in [-0.25, -0.2) is 0 Å². The number of carbonyl (C=O) groups is 1. The fourth-order valence-electron chi connectivity index (χ4n) is 3.48. The minimum Gasteiger partial charge on any atom is -0.483 e. The van der Waals surface area contributed by atoms with Crippen molar-refractivity contribution in [2.75, 3.05) is 44.3 Å². The molecular weight excluding hydrogens is 390 g/mol. The van der Waals surface area contributed by atoms with Crippen molar-refractivity contribution in [1.29, 1.82) is 0 Å². The third-order valence-electron chi connectivity index (χ3n) is 5.03. The number of para-hydroxylation sites is 1. The number of aromatic nitrogens is 1. The van der Waals surface area contributed by atoms with Crippen LogP contribution in [-0.4, -0.2) is 65.0 Å². The second-order valence-corrected chi connectivity index (χ2v) is 9.64. The van der Waals surface area contributed by atoms with Crippen LogP contribution < -0.4 is 4.74 Å². The molecule has 0 saturated carbocycles. The van der Waals surface area contributed by atoms with E-state index in [0.717, 1.165) is 38.5 Å². The summed E-state index contributed by atoms with van der Waals surface area (Å²) in [5, 5.41) is 0. The van der Waals surface area contributed by atoms with E-state index in [1.807, 2.05) is 71.1 Å². The van der Waals surface area contributed by atoms with Crippen molar-refractivity contribution in [3.05, 3.63) is 59.9 Å². The number of piperazine rings is 1. The van der Waals surface area contributed by atoms with Crippen LogP contribution in [-0.2, 0) is 11.3 Å². The van der Waals surface area contributed by atoms with Gasteiger partial charge in [-0.3, -0.25) is 14.7 Å². The summed E-state index contributed by atoms with van der Waals surface area (Å²) in [6.07, 6.45) is 3.65. The number of ether oxygens (including phenoxy) is 1. The Morgan fingerprint density at radius 2 is 1.75 bits per heavy atom. The molecule has 0 unspecified atom stereocenters. The van der Waals surface area contributed by atoms with Crippen LogP contribution in [0.1, 0.15) is 15.7 Å². The summed E-state index contributed by atoms with van der Waals surface area (Å²) in [4.78, 5) is 21.0. The molecule has 2 aliphatic heterocycles. The van der Waals surface area contributed by atoms with Crippen LogP contribution in [0.2, 0.25) is 0 Å². The number of amides is 1. The van der Waals surface area contributed by atoms with E-state index in [4.69, 9.17) is 4.74 Å². The summed E-state index contributed by atoms with van der Waals surface area (Å²) in [7, 11) is 0. The number of thioether (sulfide) groups is 2. The number of hydrogen-bond donors (Lipinski definition) is 0. The van der Waals surface area contributed by atoms with Crippen molar-refractivity contribution in [2.45, 2.75) is 11.1 Å². The molecule has 1 amide bonds. The number of benzene rings is 1. The fraction of sp³-hybridized carbons (Fsp3) is 0.429. The molecule has 7 heteroatoms. The van der Waals surface area contributed by atoms with E-state index in [9.17, 15) is 4.79 Å². The standard InChI is InChI=1S/C21H25N3O2S2/c25-20(16-26-19-4-2-1-3-18(19)21-27-13-14-28-21)24-11-9-23(10-12-24)15-17-5-7-22-8-6-17/h1-8,21H,9-16H2. The second-order valence-electron chi connectivity index (χ2n) is 6.91. The van der Waals surface area contributed by atoms with Crippen molar-refractivity contribution in [1.82, 2.24) is 14.8 Å². The Morgan fingerprint density at radius 3 is 2.50 bits per heavy atom. The molecule has 1 aromatic carbocycles. The van der Waals surface area contributed by atoms with E-state index in [1.54, 1.807) is 0 Å². The molecule has 0 radical (unpaired) electrons. The van der Waals surface area contributed by atoms with Gasteiger partial charge in [0.2, 0.25) is 0 Å². The molecule has 0 N–H and O–H groups in total. The molecule has 0 atom stereocenters. The van der Waals surface area contributed by atoms with Gasteiger partial charge in [0, 0.05) is 62.2 Å². The first-order valence-electron chi connectivity index (χ1n) is 9.63. The lowest BCUT2D eigenvalue weighted by molar-refractivity contribution is -0.135. The average molecular weight is 416 g/mol. The molecule has 28 heavy (non-hydrogen) atoms. The highest BCUT2D eigenvalue weighted by Gasteiger charge is 2.24. The van der Waals surface area contributed by atoms with Gasteiger partial charge in [-0.05, 0) is 23.8 Å². The van der Waals surface area contributed by atoms with Crippen LogP contribution in [0.4, 0.5) is 0 Å². The Morgan fingerprint density at radius 1 is 1.04 bits per heavy atom. The summed E-state index contributed by atoms with van der Waals surface area (Å²) in [6, 6.07) is 12.2. The third kappa shape index (κ3) is 5.01. The first kappa shape index (κ1) is 19.6. The summed E-state index contributed by atoms with van der Waals surface area (Å²) in [5.74, 6) is 3.27. The third-order valence-corrected chi connectivity index (χ3v) is 8.09. The largest absolute Gasteiger partial charge is 0.483 e. The highest BCUT2D eigenvalue weighted by molar-refractivity contribution is 8.19. The van der Waals surface area contributed by atoms with Gasteiger partial charge in [-0.1, -0.05) is 18.2 Å². The van der Waals surface area contributed by atoms with Crippen molar-refractivity contribution in [2.24, 2.45) is 0 Å². The second kappa shape index (κ2) is 9.67. The number of pyridine rings is 1. The summed E-state index contributed by atoms with van der Waals surface area (Å²) in [6.45, 7) is 4.31. The Bertz CT molecular complexity index is 776. The SMILES string of the molecule is O=C(COc1ccccc1C1SCCS1)N1CCN(Cc2ccncc2)CC1. The molecule has 1 aromatic heterocycles. The number of hydrogen-bond acceptors (Lipinski definition) is 6. The number of carbonyl (C=O) groups excluding carboxylic acids is 1. The van der Waals surface area contributed by atoms with E-state index >= 15 is 0 Å². The molecule has 148 valence electrons. The van der Waals surface area contributed by atoms with E-state index in [-0.39, 0.29) is 12.5 Å². The van der Waals surface area contributed by atoms with Crippen LogP contribution in [0.15, 0.2) is 48.8 Å². The highest BCUT2D eigenvalue weighted by atomic mass is 32.2. The minimum absolute atomic E-state index is 0.0742. The maximum absolute atomic E-state index is 12.6. The molecule has 0 aliphatic carbocycles. The molecule has 4 rings (SSSR count). The smallest absolute Gasteiger partial charge is 0.260 e. The van der Waals surface area contributed by atoms with Crippen molar-refractivity contribution >= 4 is 29.4 Å². The number of rotatable bonds is 6. The Labute approximate surface area is 174 Å². The average Bonchev–Trinajstić information content (AvgIpc) is 3.28. The lowest BCUT2D eigenvalue weighted by Gasteiger charge is -2.34. The molecule has 2 fully saturated rings. The topological polar surface area (TPSA) is 45.7 Å². The van der Waals surface area contributed by atoms with E-state index < -0.39 is 0 Å². The molecule has 2 aliphatic rings. The highest BCUT2D eigenvalue weighted by Crippen LogP contribution is 2.48. The quantitative estimate of drug-likeness (QED) is 0.722. The molecule has 2 aromatic rings. The predicted molar refractivity (Wildman–Crippen MR) is 116 cm³/mol. The predicted octanol–water partition coefficient (Wildman–Crippen LogP) is 3.28. The van der Waals surface area contributed by atoms with Gasteiger partial charge in [0.25, 0.3) is 5.91 Å². The molecule has 2 saturated heterocycles. The summed E-state index contributed by atoms with van der Waals surface area (Å²) >= 11 is 3.90. The first-order chi connectivity index (χ1) is 13.8. The zero-order chi connectivity index (χ0) is 19.2. The van der Waals surface area contributed by atoms with Crippen LogP contribution in [0, 0.1) is 0 Å². The zero-order valence-corrected chi connectivity index (χ0v) is 17.5. The van der Waals surface area contributed by atoms with Crippen molar-refractivity contribution < 1.29 is 9.53 Å². The first-order valence-corrected chi connectivity index (χ1v) is 11.7. The Hall–Kier alpha value is -1.70. The lowest BCUT2D eigenvalue weighted by Crippen LogP contribution is -2.49. The lowest BCUT2D eigenvalue weighted by atomic mass is 10.2. The van der Waals surface area contributed by atoms with Gasteiger partial charge in [0.1, 0.15) is 5.75 Å². The van der Waals surface area contributed by atoms with E-state index in [1.165, 1.54) is 22.6 Å². The van der Waals surface area contributed by atoms with Gasteiger partial charge >= 0.3 is 0 Å². The van der Waals surface area contributed by atoms with Crippen LogP contribution in [0.3, 0.4) is 0 Å². The maximum atomic E-state index is 12.6. The van der Waals surface area contributed by atoms with Crippen molar-refractivity contribution in [3.8, 4) is 5.75 Å². The van der Waals surface area contributed by atoms with E-state index in [0.29, 0.717) is 4.58 Å². The van der Waals surface area contributed by atoms with Gasteiger partial charge in [-0.15, -0.1) is 23.5 Å². The Balaban J connectivity index is 1.26. The minimum atomic E-state index is 0.0742. The zero-order valence-electron chi connectivity index (χ0n) is 15.8. The van der Waals surface area contributed by atoms with Crippen LogP contribution >= 0.6 is 23.5 Å². The van der Waals surface area contributed by atoms with Crippen LogP contribution in [0.25, 0.3) is 0 Å². The Kier molecular flexibility index (Phi) is 6.77. The van der Waals surface area contributed by atoms with Gasteiger partial charge in [0.15, 0.2) is 6.61 Å².